The Balaban J connectivity index is 1.70. The van der Waals surface area contributed by atoms with Gasteiger partial charge in [-0.25, -0.2) is 8.42 Å². The van der Waals surface area contributed by atoms with Crippen molar-refractivity contribution < 1.29 is 13.2 Å². The fraction of sp³-hybridized carbons (Fsp3) is 0.381. The van der Waals surface area contributed by atoms with E-state index in [0.717, 1.165) is 31.7 Å². The second-order valence-corrected chi connectivity index (χ2v) is 8.97. The Morgan fingerprint density at radius 3 is 2.14 bits per heavy atom. The number of nitrogens with zero attached hydrogens (tertiary/aromatic N) is 3. The predicted octanol–water partition coefficient (Wildman–Crippen LogP) is 2.29. The highest BCUT2D eigenvalue weighted by Gasteiger charge is 2.23. The molecular formula is C21H27N3O3S. The topological polar surface area (TPSA) is 60.9 Å². The fourth-order valence-electron chi connectivity index (χ4n) is 3.26. The largest absolute Gasteiger partial charge is 0.336 e. The first-order chi connectivity index (χ1) is 13.4. The molecule has 0 N–H and O–H groups in total. The van der Waals surface area contributed by atoms with Crippen molar-refractivity contribution in [1.29, 1.82) is 0 Å². The molecule has 0 aromatic heterocycles. The summed E-state index contributed by atoms with van der Waals surface area (Å²) in [6.07, 6.45) is 0. The molecule has 2 aromatic carbocycles. The number of piperazine rings is 1. The van der Waals surface area contributed by atoms with E-state index < -0.39 is 10.0 Å². The van der Waals surface area contributed by atoms with Gasteiger partial charge in [0.2, 0.25) is 10.0 Å². The van der Waals surface area contributed by atoms with Crippen LogP contribution in [0.4, 0.5) is 0 Å². The molecule has 6 nitrogen and oxygen atoms in total. The fourth-order valence-corrected chi connectivity index (χ4v) is 4.71. The molecule has 0 radical (unpaired) electrons. The van der Waals surface area contributed by atoms with E-state index in [1.165, 1.54) is 4.31 Å². The van der Waals surface area contributed by atoms with E-state index in [-0.39, 0.29) is 12.5 Å². The molecule has 1 fully saturated rings. The first kappa shape index (κ1) is 20.5. The zero-order valence-electron chi connectivity index (χ0n) is 16.4. The van der Waals surface area contributed by atoms with Crippen LogP contribution in [0, 0.1) is 0 Å². The van der Waals surface area contributed by atoms with E-state index >= 15 is 0 Å². The molecule has 28 heavy (non-hydrogen) atoms. The number of hydrogen-bond acceptors (Lipinski definition) is 4. The number of rotatable bonds is 6. The van der Waals surface area contributed by atoms with Gasteiger partial charge in [-0.15, -0.1) is 0 Å². The van der Waals surface area contributed by atoms with Crippen molar-refractivity contribution in [2.75, 3.05) is 39.8 Å². The second-order valence-electron chi connectivity index (χ2n) is 7.04. The molecule has 1 amide bonds. The van der Waals surface area contributed by atoms with Crippen molar-refractivity contribution >= 4 is 15.9 Å². The highest BCUT2D eigenvalue weighted by atomic mass is 32.2. The Morgan fingerprint density at radius 1 is 0.964 bits per heavy atom. The summed E-state index contributed by atoms with van der Waals surface area (Å²) in [5.41, 5.74) is 1.50. The van der Waals surface area contributed by atoms with Crippen LogP contribution >= 0.6 is 0 Å². The molecule has 2 aromatic rings. The van der Waals surface area contributed by atoms with E-state index in [1.54, 1.807) is 42.5 Å². The van der Waals surface area contributed by atoms with Crippen LogP contribution in [0.2, 0.25) is 0 Å². The molecule has 1 aliphatic heterocycles. The first-order valence-electron chi connectivity index (χ1n) is 9.54. The van der Waals surface area contributed by atoms with Crippen molar-refractivity contribution in [2.45, 2.75) is 18.4 Å². The van der Waals surface area contributed by atoms with Gasteiger partial charge in [0.1, 0.15) is 0 Å². The maximum absolute atomic E-state index is 12.8. The van der Waals surface area contributed by atoms with Crippen LogP contribution in [0.3, 0.4) is 0 Å². The number of carbonyl (C=O) groups is 1. The molecule has 150 valence electrons. The maximum atomic E-state index is 12.8. The Kier molecular flexibility index (Phi) is 6.49. The third-order valence-electron chi connectivity index (χ3n) is 5.08. The van der Waals surface area contributed by atoms with Crippen molar-refractivity contribution in [1.82, 2.24) is 14.1 Å². The molecule has 1 heterocycles. The number of benzene rings is 2. The minimum atomic E-state index is -3.54. The van der Waals surface area contributed by atoms with Crippen molar-refractivity contribution in [3.8, 4) is 0 Å². The minimum Gasteiger partial charge on any atom is -0.336 e. The molecule has 0 spiro atoms. The standard InChI is InChI=1S/C21H27N3O3S/c1-3-24(28(26,27)20-7-5-4-6-8-20)17-18-9-11-19(12-10-18)21(25)23-15-13-22(2)14-16-23/h4-12H,3,13-17H2,1-2H3. The molecule has 0 unspecified atom stereocenters. The van der Waals surface area contributed by atoms with Crippen LogP contribution in [0.5, 0.6) is 0 Å². The maximum Gasteiger partial charge on any atom is 0.253 e. The van der Waals surface area contributed by atoms with Gasteiger partial charge in [0.15, 0.2) is 0 Å². The van der Waals surface area contributed by atoms with E-state index in [9.17, 15) is 13.2 Å². The quantitative estimate of drug-likeness (QED) is 0.745. The molecule has 0 bridgehead atoms. The lowest BCUT2D eigenvalue weighted by molar-refractivity contribution is 0.0664. The molecule has 1 saturated heterocycles. The van der Waals surface area contributed by atoms with E-state index in [4.69, 9.17) is 0 Å². The van der Waals surface area contributed by atoms with Gasteiger partial charge in [-0.05, 0) is 36.9 Å². The van der Waals surface area contributed by atoms with Gasteiger partial charge in [0.25, 0.3) is 5.91 Å². The van der Waals surface area contributed by atoms with Gasteiger partial charge in [-0.3, -0.25) is 4.79 Å². The summed E-state index contributed by atoms with van der Waals surface area (Å²) in [6, 6.07) is 15.7. The second kappa shape index (κ2) is 8.86. The Hall–Kier alpha value is -2.22. The van der Waals surface area contributed by atoms with Gasteiger partial charge in [-0.1, -0.05) is 37.3 Å². The van der Waals surface area contributed by atoms with E-state index in [2.05, 4.69) is 11.9 Å². The third-order valence-corrected chi connectivity index (χ3v) is 7.02. The normalized spacial score (nSPS) is 15.8. The summed E-state index contributed by atoms with van der Waals surface area (Å²) in [4.78, 5) is 17.0. The lowest BCUT2D eigenvalue weighted by Gasteiger charge is -2.32. The monoisotopic (exact) mass is 401 g/mol. The summed E-state index contributed by atoms with van der Waals surface area (Å²) < 4.78 is 27.1. The molecular weight excluding hydrogens is 374 g/mol. The molecule has 0 saturated carbocycles. The average molecular weight is 402 g/mol. The van der Waals surface area contributed by atoms with Gasteiger partial charge in [-0.2, -0.15) is 4.31 Å². The van der Waals surface area contributed by atoms with Crippen LogP contribution in [0.15, 0.2) is 59.5 Å². The summed E-state index contributed by atoms with van der Waals surface area (Å²) >= 11 is 0. The summed E-state index contributed by atoms with van der Waals surface area (Å²) in [7, 11) is -1.49. The third kappa shape index (κ3) is 4.60. The predicted molar refractivity (Wildman–Crippen MR) is 110 cm³/mol. The van der Waals surface area contributed by atoms with Gasteiger partial charge in [0, 0.05) is 44.8 Å². The van der Waals surface area contributed by atoms with Gasteiger partial charge < -0.3 is 9.80 Å². The van der Waals surface area contributed by atoms with Crippen LogP contribution in [-0.4, -0.2) is 68.2 Å². The average Bonchev–Trinajstić information content (AvgIpc) is 2.73. The number of sulfonamides is 1. The number of carbonyl (C=O) groups excluding carboxylic acids is 1. The smallest absolute Gasteiger partial charge is 0.253 e. The molecule has 0 atom stereocenters. The van der Waals surface area contributed by atoms with Crippen molar-refractivity contribution in [3.05, 3.63) is 65.7 Å². The van der Waals surface area contributed by atoms with Crippen LogP contribution in [0.25, 0.3) is 0 Å². The molecule has 1 aliphatic rings. The Morgan fingerprint density at radius 2 is 1.57 bits per heavy atom. The van der Waals surface area contributed by atoms with Crippen LogP contribution in [-0.2, 0) is 16.6 Å². The summed E-state index contributed by atoms with van der Waals surface area (Å²) in [5.74, 6) is 0.0314. The Bertz CT molecular complexity index is 890. The molecule has 0 aliphatic carbocycles. The highest BCUT2D eigenvalue weighted by molar-refractivity contribution is 7.89. The lowest BCUT2D eigenvalue weighted by Crippen LogP contribution is -2.47. The summed E-state index contributed by atoms with van der Waals surface area (Å²) in [5, 5.41) is 0. The zero-order valence-corrected chi connectivity index (χ0v) is 17.2. The van der Waals surface area contributed by atoms with Crippen molar-refractivity contribution in [3.63, 3.8) is 0 Å². The summed E-state index contributed by atoms with van der Waals surface area (Å²) in [6.45, 7) is 5.70. The van der Waals surface area contributed by atoms with Crippen LogP contribution < -0.4 is 0 Å². The number of hydrogen-bond donors (Lipinski definition) is 0. The number of amides is 1. The lowest BCUT2D eigenvalue weighted by atomic mass is 10.1. The number of likely N-dealkylation sites (N-methyl/N-ethyl adjacent to an activating group) is 1. The first-order valence-corrected chi connectivity index (χ1v) is 11.0. The van der Waals surface area contributed by atoms with Gasteiger partial charge in [0.05, 0.1) is 4.90 Å². The van der Waals surface area contributed by atoms with E-state index in [0.29, 0.717) is 17.0 Å². The SMILES string of the molecule is CCN(Cc1ccc(C(=O)N2CCN(C)CC2)cc1)S(=O)(=O)c1ccccc1. The van der Waals surface area contributed by atoms with Crippen LogP contribution in [0.1, 0.15) is 22.8 Å². The molecule has 7 heteroatoms. The highest BCUT2D eigenvalue weighted by Crippen LogP contribution is 2.18. The van der Waals surface area contributed by atoms with Crippen molar-refractivity contribution in [2.24, 2.45) is 0 Å². The minimum absolute atomic E-state index is 0.0314. The Labute approximate surface area is 167 Å². The van der Waals surface area contributed by atoms with Gasteiger partial charge >= 0.3 is 0 Å². The zero-order chi connectivity index (χ0) is 20.1. The molecule has 3 rings (SSSR count). The van der Waals surface area contributed by atoms with E-state index in [1.807, 2.05) is 24.0 Å².